The molecule has 0 saturated carbocycles. The van der Waals surface area contributed by atoms with Gasteiger partial charge in [0.25, 0.3) is 0 Å². The Balaban J connectivity index is 1.46. The van der Waals surface area contributed by atoms with E-state index in [0.717, 1.165) is 35.3 Å². The Labute approximate surface area is 243 Å². The smallest absolute Gasteiger partial charge is 0.455 e. The number of para-hydroxylation sites is 2. The zero-order valence-corrected chi connectivity index (χ0v) is 24.0. The number of fused-ring (bicyclic) bond motifs is 3. The Bertz CT molecular complexity index is 1310. The first-order chi connectivity index (χ1) is 19.9. The first-order valence-electron chi connectivity index (χ1n) is 15.0. The van der Waals surface area contributed by atoms with E-state index in [4.69, 9.17) is 9.39 Å². The number of hydrogen-bond donors (Lipinski definition) is 2. The van der Waals surface area contributed by atoms with Gasteiger partial charge in [-0.25, -0.2) is 0 Å². The summed E-state index contributed by atoms with van der Waals surface area (Å²) in [5.41, 5.74) is 3.98. The van der Waals surface area contributed by atoms with Gasteiger partial charge in [-0.05, 0) is 73.7 Å². The molecule has 8 heteroatoms. The van der Waals surface area contributed by atoms with Crippen molar-refractivity contribution in [1.29, 1.82) is 0 Å². The summed E-state index contributed by atoms with van der Waals surface area (Å²) in [6.45, 7) is 4.82. The third-order valence-corrected chi connectivity index (χ3v) is 8.60. The van der Waals surface area contributed by atoms with Crippen molar-refractivity contribution in [3.8, 4) is 11.5 Å². The zero-order chi connectivity index (χ0) is 28.9. The van der Waals surface area contributed by atoms with Gasteiger partial charge in [-0.1, -0.05) is 68.3 Å². The fourth-order valence-corrected chi connectivity index (χ4v) is 6.83. The molecule has 2 aliphatic heterocycles. The van der Waals surface area contributed by atoms with Crippen molar-refractivity contribution in [2.45, 2.75) is 64.8 Å². The summed E-state index contributed by atoms with van der Waals surface area (Å²) in [6.07, 6.45) is 6.28. The van der Waals surface area contributed by atoms with Gasteiger partial charge >= 0.3 is 7.12 Å². The molecule has 2 heterocycles. The van der Waals surface area contributed by atoms with E-state index in [9.17, 15) is 19.7 Å². The molecule has 7 nitrogen and oxygen atoms in total. The molecule has 1 aliphatic carbocycles. The molecule has 216 valence electrons. The van der Waals surface area contributed by atoms with Gasteiger partial charge in [0.15, 0.2) is 0 Å². The lowest BCUT2D eigenvalue weighted by Crippen LogP contribution is -2.46. The highest BCUT2D eigenvalue weighted by molar-refractivity contribution is 6.43. The summed E-state index contributed by atoms with van der Waals surface area (Å²) in [5, 5.41) is 21.2. The van der Waals surface area contributed by atoms with Crippen LogP contribution in [-0.4, -0.2) is 53.2 Å². The molecule has 0 aromatic heterocycles. The fourth-order valence-electron chi connectivity index (χ4n) is 6.83. The fraction of sp³-hybridized carbons (Fsp3) is 0.455. The van der Waals surface area contributed by atoms with Crippen molar-refractivity contribution in [1.82, 2.24) is 4.90 Å². The highest BCUT2D eigenvalue weighted by Gasteiger charge is 2.57. The maximum atomic E-state index is 13.6. The minimum atomic E-state index is -1.01. The Morgan fingerprint density at radius 1 is 1.02 bits per heavy atom. The van der Waals surface area contributed by atoms with Crippen molar-refractivity contribution >= 4 is 25.0 Å². The van der Waals surface area contributed by atoms with E-state index < -0.39 is 25.1 Å². The van der Waals surface area contributed by atoms with E-state index in [2.05, 4.69) is 6.92 Å². The second-order valence-corrected chi connectivity index (χ2v) is 11.4. The minimum Gasteiger partial charge on any atom is -0.507 e. The Morgan fingerprint density at radius 3 is 2.51 bits per heavy atom. The predicted octanol–water partition coefficient (Wildman–Crippen LogP) is 5.64. The molecular weight excluding hydrogens is 517 g/mol. The van der Waals surface area contributed by atoms with Crippen LogP contribution in [-0.2, 0) is 14.2 Å². The van der Waals surface area contributed by atoms with E-state index >= 15 is 0 Å². The number of allylic oxidation sites excluding steroid dienone is 1. The largest absolute Gasteiger partial charge is 0.507 e. The summed E-state index contributed by atoms with van der Waals surface area (Å²) in [4.78, 5) is 28.4. The average molecular weight is 557 g/mol. The lowest BCUT2D eigenvalue weighted by atomic mass is 9.58. The number of amides is 2. The standard InChI is InChI=1S/C33H40BNO6/c1-3-10-22(18-23-11-8-9-14-28(23)36)15-16-29-30-24(21-40-25-12-6-5-7-13-25)19-26-31(27(30)20-34(39)41-29)33(38)35(17-4-2)32(26)37/h5-9,11-14,18,26-27,29,31,36,39H,3-4,10,15-17,19-21H2,1-2H3/b22-18+/t26-,27+,29-,31-/m1/s1. The third kappa shape index (κ3) is 6.29. The van der Waals surface area contributed by atoms with Crippen LogP contribution in [0.5, 0.6) is 11.5 Å². The SMILES string of the molecule is CCC/C(=C\c1ccccc1O)CC[C@H]1OB(O)C[C@H]2C1=C(COc1ccccc1)C[C@H]1C(=O)N(CCC)C(=O)[C@H]12. The molecule has 0 unspecified atom stereocenters. The molecule has 2 aromatic rings. The maximum Gasteiger partial charge on any atom is 0.455 e. The molecule has 2 fully saturated rings. The van der Waals surface area contributed by atoms with Gasteiger partial charge in [-0.3, -0.25) is 14.5 Å². The van der Waals surface area contributed by atoms with Crippen LogP contribution in [0.3, 0.4) is 0 Å². The molecule has 0 radical (unpaired) electrons. The second kappa shape index (κ2) is 13.1. The summed E-state index contributed by atoms with van der Waals surface area (Å²) >= 11 is 0. The Hall–Kier alpha value is -3.36. The van der Waals surface area contributed by atoms with Crippen LogP contribution >= 0.6 is 0 Å². The molecule has 0 spiro atoms. The van der Waals surface area contributed by atoms with Gasteiger partial charge in [-0.2, -0.15) is 0 Å². The topological polar surface area (TPSA) is 96.3 Å². The summed E-state index contributed by atoms with van der Waals surface area (Å²) < 4.78 is 12.4. The van der Waals surface area contributed by atoms with Gasteiger partial charge in [-0.15, -0.1) is 0 Å². The lowest BCUT2D eigenvalue weighted by molar-refractivity contribution is -0.140. The van der Waals surface area contributed by atoms with Crippen molar-refractivity contribution in [2.24, 2.45) is 17.8 Å². The Kier molecular flexibility index (Phi) is 9.30. The van der Waals surface area contributed by atoms with Gasteiger partial charge in [0.2, 0.25) is 11.8 Å². The number of aromatic hydroxyl groups is 1. The van der Waals surface area contributed by atoms with Crippen LogP contribution in [0, 0.1) is 17.8 Å². The lowest BCUT2D eigenvalue weighted by Gasteiger charge is -2.43. The molecule has 0 bridgehead atoms. The number of hydrogen-bond acceptors (Lipinski definition) is 6. The number of phenolic OH excluding ortho intramolecular Hbond substituents is 1. The van der Waals surface area contributed by atoms with Crippen LogP contribution in [0.15, 0.2) is 71.3 Å². The molecular formula is C33H40BNO6. The molecule has 2 amide bonds. The van der Waals surface area contributed by atoms with E-state index in [-0.39, 0.29) is 29.8 Å². The van der Waals surface area contributed by atoms with E-state index in [1.54, 1.807) is 6.07 Å². The number of phenols is 1. The highest BCUT2D eigenvalue weighted by atomic mass is 16.5. The number of carbonyl (C=O) groups is 2. The molecule has 41 heavy (non-hydrogen) atoms. The predicted molar refractivity (Wildman–Crippen MR) is 159 cm³/mol. The number of imide groups is 1. The number of rotatable bonds is 11. The van der Waals surface area contributed by atoms with Gasteiger partial charge in [0.1, 0.15) is 18.1 Å². The second-order valence-electron chi connectivity index (χ2n) is 11.4. The van der Waals surface area contributed by atoms with Gasteiger partial charge < -0.3 is 19.5 Å². The van der Waals surface area contributed by atoms with E-state index in [0.29, 0.717) is 38.8 Å². The van der Waals surface area contributed by atoms with E-state index in [1.807, 2.05) is 61.5 Å². The van der Waals surface area contributed by atoms with E-state index in [1.165, 1.54) is 10.5 Å². The highest BCUT2D eigenvalue weighted by Crippen LogP contribution is 2.50. The van der Waals surface area contributed by atoms with Crippen LogP contribution in [0.4, 0.5) is 0 Å². The van der Waals surface area contributed by atoms with Crippen molar-refractivity contribution in [3.63, 3.8) is 0 Å². The first-order valence-corrected chi connectivity index (χ1v) is 15.0. The summed E-state index contributed by atoms with van der Waals surface area (Å²) in [7, 11) is -1.01. The van der Waals surface area contributed by atoms with Crippen molar-refractivity contribution < 1.29 is 29.1 Å². The molecule has 4 atom stereocenters. The van der Waals surface area contributed by atoms with Crippen LogP contribution in [0.2, 0.25) is 6.32 Å². The van der Waals surface area contributed by atoms with Crippen molar-refractivity contribution in [2.75, 3.05) is 13.2 Å². The van der Waals surface area contributed by atoms with Crippen LogP contribution < -0.4 is 4.74 Å². The molecule has 3 aliphatic rings. The molecule has 2 aromatic carbocycles. The Morgan fingerprint density at radius 2 is 1.78 bits per heavy atom. The third-order valence-electron chi connectivity index (χ3n) is 8.60. The van der Waals surface area contributed by atoms with Gasteiger partial charge in [0, 0.05) is 12.1 Å². The maximum absolute atomic E-state index is 13.6. The van der Waals surface area contributed by atoms with Crippen molar-refractivity contribution in [3.05, 3.63) is 76.9 Å². The van der Waals surface area contributed by atoms with Crippen LogP contribution in [0.1, 0.15) is 57.9 Å². The summed E-state index contributed by atoms with van der Waals surface area (Å²) in [5.74, 6) is -0.417. The monoisotopic (exact) mass is 557 g/mol. The normalized spacial score (nSPS) is 24.5. The number of likely N-dealkylation sites (tertiary alicyclic amines) is 1. The quantitative estimate of drug-likeness (QED) is 0.211. The minimum absolute atomic E-state index is 0.105. The summed E-state index contributed by atoms with van der Waals surface area (Å²) in [6, 6.07) is 16.9. The molecule has 2 saturated heterocycles. The first kappa shape index (κ1) is 29.1. The molecule has 2 N–H and O–H groups in total. The number of ether oxygens (including phenoxy) is 1. The number of benzene rings is 2. The van der Waals surface area contributed by atoms with Gasteiger partial charge in [0.05, 0.1) is 17.9 Å². The van der Waals surface area contributed by atoms with Crippen LogP contribution in [0.25, 0.3) is 6.08 Å². The zero-order valence-electron chi connectivity index (χ0n) is 24.0. The number of carbonyl (C=O) groups excluding carboxylic acids is 2. The number of nitrogens with zero attached hydrogens (tertiary/aromatic N) is 1. The molecule has 5 rings (SSSR count). The average Bonchev–Trinajstić information content (AvgIpc) is 3.21.